The number of amides is 2. The van der Waals surface area contributed by atoms with Crippen LogP contribution < -0.4 is 16.8 Å². The smallest absolute Gasteiger partial charge is 0.242 e. The molecule has 1 atom stereocenters. The number of nitrogens with two attached hydrogens (primary N) is 2. The molecule has 0 fully saturated rings. The molecule has 0 heterocycles. The first-order valence-corrected chi connectivity index (χ1v) is 5.81. The Morgan fingerprint density at radius 3 is 1.94 bits per heavy atom. The average Bonchev–Trinajstić information content (AvgIpc) is 2.11. The van der Waals surface area contributed by atoms with E-state index >= 15 is 0 Å². The maximum atomic E-state index is 12.0. The van der Waals surface area contributed by atoms with Crippen molar-refractivity contribution >= 4 is 11.8 Å². The topological polar surface area (TPSA) is 98.2 Å². The molecule has 0 aliphatic heterocycles. The molecule has 0 aromatic carbocycles. The van der Waals surface area contributed by atoms with Gasteiger partial charge in [-0.2, -0.15) is 0 Å². The summed E-state index contributed by atoms with van der Waals surface area (Å²) in [6, 6.07) is 0. The summed E-state index contributed by atoms with van der Waals surface area (Å²) < 4.78 is 0. The Morgan fingerprint density at radius 1 is 1.18 bits per heavy atom. The van der Waals surface area contributed by atoms with Crippen molar-refractivity contribution in [3.8, 4) is 0 Å². The molecular weight excluding hydrogens is 218 g/mol. The summed E-state index contributed by atoms with van der Waals surface area (Å²) in [5.74, 6) is -1.07. The van der Waals surface area contributed by atoms with Gasteiger partial charge in [0.05, 0.1) is 5.92 Å². The Hall–Kier alpha value is -1.10. The molecule has 0 aromatic heterocycles. The van der Waals surface area contributed by atoms with Gasteiger partial charge in [-0.05, 0) is 25.7 Å². The van der Waals surface area contributed by atoms with E-state index in [0.29, 0.717) is 6.42 Å². The van der Waals surface area contributed by atoms with Crippen LogP contribution >= 0.6 is 0 Å². The Balaban J connectivity index is 4.62. The molecule has 0 aliphatic carbocycles. The van der Waals surface area contributed by atoms with E-state index in [9.17, 15) is 9.59 Å². The summed E-state index contributed by atoms with van der Waals surface area (Å²) in [6.07, 6.45) is 0.671. The number of nitrogens with one attached hydrogen (secondary N) is 1. The van der Waals surface area contributed by atoms with Gasteiger partial charge in [0.25, 0.3) is 0 Å². The lowest BCUT2D eigenvalue weighted by atomic mass is 9.84. The van der Waals surface area contributed by atoms with Crippen molar-refractivity contribution < 1.29 is 9.59 Å². The third kappa shape index (κ3) is 5.68. The number of hydrogen-bond donors (Lipinski definition) is 3. The van der Waals surface area contributed by atoms with Crippen LogP contribution in [0.15, 0.2) is 0 Å². The largest absolute Gasteiger partial charge is 0.368 e. The molecule has 0 aliphatic rings. The van der Waals surface area contributed by atoms with Crippen molar-refractivity contribution in [1.29, 1.82) is 0 Å². The summed E-state index contributed by atoms with van der Waals surface area (Å²) in [7, 11) is 0. The summed E-state index contributed by atoms with van der Waals surface area (Å²) in [5, 5.41) is 2.64. The molecule has 0 saturated heterocycles. The van der Waals surface area contributed by atoms with Crippen LogP contribution in [0.4, 0.5) is 0 Å². The van der Waals surface area contributed by atoms with Gasteiger partial charge < -0.3 is 16.8 Å². The second-order valence-corrected chi connectivity index (χ2v) is 6.18. The highest BCUT2D eigenvalue weighted by atomic mass is 16.2. The second kappa shape index (κ2) is 5.49. The van der Waals surface area contributed by atoms with E-state index in [2.05, 4.69) is 5.32 Å². The lowest BCUT2D eigenvalue weighted by molar-refractivity contribution is -0.133. The van der Waals surface area contributed by atoms with E-state index in [-0.39, 0.29) is 23.8 Å². The zero-order valence-electron chi connectivity index (χ0n) is 11.5. The zero-order chi connectivity index (χ0) is 13.9. The number of carbonyl (C=O) groups excluding carboxylic acids is 2. The second-order valence-electron chi connectivity index (χ2n) is 6.18. The third-order valence-electron chi connectivity index (χ3n) is 2.57. The number of rotatable bonds is 5. The maximum absolute atomic E-state index is 12.0. The van der Waals surface area contributed by atoms with Crippen LogP contribution in [0.5, 0.6) is 0 Å². The van der Waals surface area contributed by atoms with Crippen LogP contribution in [-0.4, -0.2) is 23.9 Å². The van der Waals surface area contributed by atoms with E-state index in [4.69, 9.17) is 11.5 Å². The summed E-state index contributed by atoms with van der Waals surface area (Å²) in [4.78, 5) is 23.1. The lowest BCUT2D eigenvalue weighted by Gasteiger charge is -2.28. The molecule has 0 aromatic rings. The van der Waals surface area contributed by atoms with Gasteiger partial charge in [-0.3, -0.25) is 9.59 Å². The minimum Gasteiger partial charge on any atom is -0.368 e. The predicted molar refractivity (Wildman–Crippen MR) is 68.0 cm³/mol. The Kier molecular flexibility index (Phi) is 5.13. The van der Waals surface area contributed by atoms with Crippen LogP contribution in [0.2, 0.25) is 0 Å². The average molecular weight is 243 g/mol. The lowest BCUT2D eigenvalue weighted by Crippen LogP contribution is -2.55. The molecule has 0 bridgehead atoms. The van der Waals surface area contributed by atoms with Crippen molar-refractivity contribution in [3.05, 3.63) is 0 Å². The number of carbonyl (C=O) groups is 2. The van der Waals surface area contributed by atoms with Gasteiger partial charge >= 0.3 is 0 Å². The van der Waals surface area contributed by atoms with Crippen LogP contribution in [0.25, 0.3) is 0 Å². The first kappa shape index (κ1) is 15.9. The van der Waals surface area contributed by atoms with Crippen molar-refractivity contribution in [1.82, 2.24) is 5.32 Å². The standard InChI is InChI=1S/C12H25N3O2/c1-11(2,3)6-8(7-13)9(16)15-12(4,5)10(14)17/h8H,6-7,13H2,1-5H3,(H2,14,17)(H,15,16). The number of hydrogen-bond acceptors (Lipinski definition) is 3. The van der Waals surface area contributed by atoms with E-state index in [1.54, 1.807) is 13.8 Å². The molecule has 0 rings (SSSR count). The first-order valence-electron chi connectivity index (χ1n) is 5.81. The summed E-state index contributed by atoms with van der Waals surface area (Å²) in [5.41, 5.74) is 9.77. The van der Waals surface area contributed by atoms with Crippen molar-refractivity contribution in [2.24, 2.45) is 22.8 Å². The molecule has 0 saturated carbocycles. The maximum Gasteiger partial charge on any atom is 0.242 e. The van der Waals surface area contributed by atoms with Crippen LogP contribution in [-0.2, 0) is 9.59 Å². The molecule has 5 heteroatoms. The molecule has 5 nitrogen and oxygen atoms in total. The van der Waals surface area contributed by atoms with Crippen molar-refractivity contribution in [2.45, 2.75) is 46.6 Å². The Bertz CT molecular complexity index is 293. The van der Waals surface area contributed by atoms with Gasteiger partial charge in [-0.15, -0.1) is 0 Å². The quantitative estimate of drug-likeness (QED) is 0.651. The van der Waals surface area contributed by atoms with Crippen LogP contribution in [0.3, 0.4) is 0 Å². The van der Waals surface area contributed by atoms with Gasteiger partial charge in [0.15, 0.2) is 0 Å². The van der Waals surface area contributed by atoms with E-state index in [1.165, 1.54) is 0 Å². The van der Waals surface area contributed by atoms with Crippen LogP contribution in [0, 0.1) is 11.3 Å². The fourth-order valence-electron chi connectivity index (χ4n) is 1.49. The molecule has 1 unspecified atom stereocenters. The molecule has 2 amide bonds. The van der Waals surface area contributed by atoms with Crippen molar-refractivity contribution in [2.75, 3.05) is 6.54 Å². The minimum absolute atomic E-state index is 0.0121. The highest BCUT2D eigenvalue weighted by Gasteiger charge is 2.31. The summed E-state index contributed by atoms with van der Waals surface area (Å²) >= 11 is 0. The fraction of sp³-hybridized carbons (Fsp3) is 0.833. The van der Waals surface area contributed by atoms with Crippen molar-refractivity contribution in [3.63, 3.8) is 0 Å². The molecule has 17 heavy (non-hydrogen) atoms. The minimum atomic E-state index is -1.04. The zero-order valence-corrected chi connectivity index (χ0v) is 11.5. The van der Waals surface area contributed by atoms with Gasteiger partial charge in [0, 0.05) is 6.54 Å². The SMILES string of the molecule is CC(C)(C)CC(CN)C(=O)NC(C)(C)C(N)=O. The number of primary amides is 1. The van der Waals surface area contributed by atoms with Gasteiger partial charge in [-0.1, -0.05) is 20.8 Å². The monoisotopic (exact) mass is 243 g/mol. The van der Waals surface area contributed by atoms with Gasteiger partial charge in [0.2, 0.25) is 11.8 Å². The summed E-state index contributed by atoms with van der Waals surface area (Å²) in [6.45, 7) is 9.56. The van der Waals surface area contributed by atoms with Gasteiger partial charge in [-0.25, -0.2) is 0 Å². The fourth-order valence-corrected chi connectivity index (χ4v) is 1.49. The van der Waals surface area contributed by atoms with E-state index in [0.717, 1.165) is 0 Å². The predicted octanol–water partition coefficient (Wildman–Crippen LogP) is 0.378. The first-order chi connectivity index (χ1) is 7.49. The Labute approximate surface area is 103 Å². The normalized spacial score (nSPS) is 14.2. The molecule has 5 N–H and O–H groups in total. The van der Waals surface area contributed by atoms with Crippen LogP contribution in [0.1, 0.15) is 41.0 Å². The van der Waals surface area contributed by atoms with E-state index in [1.807, 2.05) is 20.8 Å². The highest BCUT2D eigenvalue weighted by molar-refractivity contribution is 5.90. The highest BCUT2D eigenvalue weighted by Crippen LogP contribution is 2.24. The molecule has 0 spiro atoms. The van der Waals surface area contributed by atoms with E-state index < -0.39 is 11.4 Å². The third-order valence-corrected chi connectivity index (χ3v) is 2.57. The molecule has 0 radical (unpaired) electrons. The molecular formula is C12H25N3O2. The van der Waals surface area contributed by atoms with Gasteiger partial charge in [0.1, 0.15) is 5.54 Å². The molecule has 100 valence electrons. The Morgan fingerprint density at radius 2 is 1.65 bits per heavy atom.